The molecule has 2 N–H and O–H groups in total. The molecule has 1 atom stereocenters. The molecule has 0 aromatic heterocycles. The van der Waals surface area contributed by atoms with Crippen LogP contribution in [0.4, 0.5) is 5.69 Å². The first kappa shape index (κ1) is 15.1. The first-order valence-corrected chi connectivity index (χ1v) is 8.45. The van der Waals surface area contributed by atoms with Crippen LogP contribution in [0.2, 0.25) is 0 Å². The summed E-state index contributed by atoms with van der Waals surface area (Å²) in [5.74, 6) is 0.871. The Balaban J connectivity index is 1.83. The molecule has 1 aromatic rings. The molecule has 116 valence electrons. The van der Waals surface area contributed by atoms with Crippen molar-refractivity contribution < 1.29 is 9.47 Å². The molecule has 1 aliphatic heterocycles. The maximum atomic E-state index is 6.10. The van der Waals surface area contributed by atoms with E-state index in [1.54, 1.807) is 7.11 Å². The highest BCUT2D eigenvalue weighted by molar-refractivity contribution is 9.10. The zero-order valence-electron chi connectivity index (χ0n) is 12.5. The maximum absolute atomic E-state index is 6.10. The van der Waals surface area contributed by atoms with E-state index in [0.29, 0.717) is 6.04 Å². The number of hydrogen-bond acceptors (Lipinski definition) is 4. The molecule has 0 spiro atoms. The Morgan fingerprint density at radius 2 is 1.90 bits per heavy atom. The second kappa shape index (κ2) is 6.55. The normalized spacial score (nSPS) is 23.4. The third-order valence-corrected chi connectivity index (χ3v) is 5.40. The van der Waals surface area contributed by atoms with Crippen molar-refractivity contribution in [2.45, 2.75) is 31.7 Å². The summed E-state index contributed by atoms with van der Waals surface area (Å²) in [6, 6.07) is 2.62. The van der Waals surface area contributed by atoms with Crippen LogP contribution in [-0.2, 0) is 17.6 Å². The predicted molar refractivity (Wildman–Crippen MR) is 87.9 cm³/mol. The highest BCUT2D eigenvalue weighted by atomic mass is 79.9. The topological polar surface area (TPSA) is 47.7 Å². The molecule has 1 unspecified atom stereocenters. The molecule has 1 heterocycles. The maximum Gasteiger partial charge on any atom is 0.145 e. The van der Waals surface area contributed by atoms with Crippen molar-refractivity contribution >= 4 is 21.6 Å². The molecule has 21 heavy (non-hydrogen) atoms. The SMILES string of the molecule is COc1c(N)cc(Br)c2c1CCC(N1CCOCC1)CC2. The quantitative estimate of drug-likeness (QED) is 0.655. The summed E-state index contributed by atoms with van der Waals surface area (Å²) in [6.45, 7) is 3.84. The first-order valence-electron chi connectivity index (χ1n) is 7.66. The van der Waals surface area contributed by atoms with Crippen LogP contribution in [0.5, 0.6) is 5.75 Å². The Hall–Kier alpha value is -0.780. The van der Waals surface area contributed by atoms with E-state index in [9.17, 15) is 0 Å². The highest BCUT2D eigenvalue weighted by Crippen LogP contribution is 2.39. The second-order valence-electron chi connectivity index (χ2n) is 5.82. The van der Waals surface area contributed by atoms with Gasteiger partial charge in [0.15, 0.2) is 0 Å². The van der Waals surface area contributed by atoms with Crippen LogP contribution < -0.4 is 10.5 Å². The van der Waals surface area contributed by atoms with Crippen molar-refractivity contribution in [1.82, 2.24) is 4.90 Å². The fraction of sp³-hybridized carbons (Fsp3) is 0.625. The third kappa shape index (κ3) is 3.05. The second-order valence-corrected chi connectivity index (χ2v) is 6.67. The van der Waals surface area contributed by atoms with E-state index in [1.165, 1.54) is 24.0 Å². The number of halogens is 1. The van der Waals surface area contributed by atoms with E-state index in [4.69, 9.17) is 15.2 Å². The van der Waals surface area contributed by atoms with Crippen LogP contribution in [0, 0.1) is 0 Å². The summed E-state index contributed by atoms with van der Waals surface area (Å²) in [5, 5.41) is 0. The lowest BCUT2D eigenvalue weighted by Gasteiger charge is -2.34. The van der Waals surface area contributed by atoms with Crippen molar-refractivity contribution in [2.75, 3.05) is 39.1 Å². The summed E-state index contributed by atoms with van der Waals surface area (Å²) in [6.07, 6.45) is 4.47. The van der Waals surface area contributed by atoms with Gasteiger partial charge in [-0.1, -0.05) is 15.9 Å². The molecule has 0 saturated carbocycles. The molecule has 1 saturated heterocycles. The average Bonchev–Trinajstić information content (AvgIpc) is 2.72. The Morgan fingerprint density at radius 3 is 2.57 bits per heavy atom. The largest absolute Gasteiger partial charge is 0.494 e. The van der Waals surface area contributed by atoms with E-state index in [1.807, 2.05) is 6.07 Å². The smallest absolute Gasteiger partial charge is 0.145 e. The minimum absolute atomic E-state index is 0.638. The van der Waals surface area contributed by atoms with E-state index in [2.05, 4.69) is 20.8 Å². The summed E-state index contributed by atoms with van der Waals surface area (Å²) in [7, 11) is 1.71. The highest BCUT2D eigenvalue weighted by Gasteiger charge is 2.26. The zero-order chi connectivity index (χ0) is 14.8. The standard InChI is InChI=1S/C16H23BrN2O2/c1-20-16-13-5-3-11(19-6-8-21-9-7-19)2-4-12(13)14(17)10-15(16)18/h10-11H,2-9,18H2,1H3. The number of methoxy groups -OCH3 is 1. The van der Waals surface area contributed by atoms with Crippen LogP contribution >= 0.6 is 15.9 Å². The van der Waals surface area contributed by atoms with Gasteiger partial charge in [0.1, 0.15) is 5.75 Å². The number of benzene rings is 1. The fourth-order valence-corrected chi connectivity index (χ4v) is 4.28. The summed E-state index contributed by atoms with van der Waals surface area (Å²) < 4.78 is 12.1. The fourth-order valence-electron chi connectivity index (χ4n) is 3.59. The van der Waals surface area contributed by atoms with Gasteiger partial charge in [-0.2, -0.15) is 0 Å². The number of morpholine rings is 1. The number of ether oxygens (including phenoxy) is 2. The Kier molecular flexibility index (Phi) is 4.72. The van der Waals surface area contributed by atoms with Crippen molar-refractivity contribution in [3.8, 4) is 5.75 Å². The van der Waals surface area contributed by atoms with Crippen LogP contribution in [-0.4, -0.2) is 44.4 Å². The molecule has 0 radical (unpaired) electrons. The molecule has 0 amide bonds. The van der Waals surface area contributed by atoms with Gasteiger partial charge < -0.3 is 15.2 Å². The van der Waals surface area contributed by atoms with Gasteiger partial charge in [0.05, 0.1) is 26.0 Å². The van der Waals surface area contributed by atoms with Gasteiger partial charge >= 0.3 is 0 Å². The summed E-state index contributed by atoms with van der Waals surface area (Å²) in [4.78, 5) is 2.58. The minimum atomic E-state index is 0.638. The van der Waals surface area contributed by atoms with E-state index < -0.39 is 0 Å². The monoisotopic (exact) mass is 354 g/mol. The summed E-state index contributed by atoms with van der Waals surface area (Å²) in [5.41, 5.74) is 9.50. The molecule has 3 rings (SSSR count). The molecule has 2 aliphatic rings. The lowest BCUT2D eigenvalue weighted by atomic mass is 10.0. The molecule has 5 heteroatoms. The van der Waals surface area contributed by atoms with Crippen molar-refractivity contribution in [3.63, 3.8) is 0 Å². The van der Waals surface area contributed by atoms with Crippen LogP contribution in [0.3, 0.4) is 0 Å². The predicted octanol–water partition coefficient (Wildman–Crippen LogP) is 2.62. The number of nitrogen functional groups attached to an aromatic ring is 1. The van der Waals surface area contributed by atoms with Crippen molar-refractivity contribution in [3.05, 3.63) is 21.7 Å². The van der Waals surface area contributed by atoms with Gasteiger partial charge in [0.2, 0.25) is 0 Å². The van der Waals surface area contributed by atoms with E-state index >= 15 is 0 Å². The Labute approximate surface area is 134 Å². The van der Waals surface area contributed by atoms with Crippen LogP contribution in [0.1, 0.15) is 24.0 Å². The molecule has 4 nitrogen and oxygen atoms in total. The number of rotatable bonds is 2. The van der Waals surface area contributed by atoms with Crippen LogP contribution in [0.15, 0.2) is 10.5 Å². The summed E-state index contributed by atoms with van der Waals surface area (Å²) >= 11 is 3.68. The van der Waals surface area contributed by atoms with Gasteiger partial charge in [0, 0.05) is 29.2 Å². The number of nitrogens with zero attached hydrogens (tertiary/aromatic N) is 1. The molecule has 0 bridgehead atoms. The average molecular weight is 355 g/mol. The van der Waals surface area contributed by atoms with Crippen molar-refractivity contribution in [1.29, 1.82) is 0 Å². The Morgan fingerprint density at radius 1 is 1.24 bits per heavy atom. The number of nitrogens with two attached hydrogens (primary N) is 1. The van der Waals surface area contributed by atoms with Gasteiger partial charge in [-0.05, 0) is 37.3 Å². The molecule has 1 aliphatic carbocycles. The Bertz CT molecular complexity index is 515. The minimum Gasteiger partial charge on any atom is -0.494 e. The van der Waals surface area contributed by atoms with Gasteiger partial charge in [0.25, 0.3) is 0 Å². The zero-order valence-corrected chi connectivity index (χ0v) is 14.1. The molecule has 1 fully saturated rings. The van der Waals surface area contributed by atoms with Gasteiger partial charge in [-0.3, -0.25) is 4.90 Å². The van der Waals surface area contributed by atoms with E-state index in [0.717, 1.165) is 55.1 Å². The third-order valence-electron chi connectivity index (χ3n) is 4.69. The molecular weight excluding hydrogens is 332 g/mol. The number of fused-ring (bicyclic) bond motifs is 1. The first-order chi connectivity index (χ1) is 10.2. The number of anilines is 1. The van der Waals surface area contributed by atoms with Crippen LogP contribution in [0.25, 0.3) is 0 Å². The van der Waals surface area contributed by atoms with E-state index in [-0.39, 0.29) is 0 Å². The molecule has 1 aromatic carbocycles. The number of hydrogen-bond donors (Lipinski definition) is 1. The lowest BCUT2D eigenvalue weighted by molar-refractivity contribution is 0.0136. The van der Waals surface area contributed by atoms with Gasteiger partial charge in [-0.15, -0.1) is 0 Å². The lowest BCUT2D eigenvalue weighted by Crippen LogP contribution is -2.43. The molecular formula is C16H23BrN2O2. The van der Waals surface area contributed by atoms with Gasteiger partial charge in [-0.25, -0.2) is 0 Å². The van der Waals surface area contributed by atoms with Crippen molar-refractivity contribution in [2.24, 2.45) is 0 Å².